The molecule has 1 atom stereocenters. The van der Waals surface area contributed by atoms with Crippen LogP contribution in [0.25, 0.3) is 0 Å². The van der Waals surface area contributed by atoms with E-state index in [9.17, 15) is 4.39 Å². The monoisotopic (exact) mass is 119 g/mol. The number of rotatable bonds is 1. The van der Waals surface area contributed by atoms with E-state index >= 15 is 0 Å². The van der Waals surface area contributed by atoms with Gasteiger partial charge in [0, 0.05) is 6.54 Å². The minimum absolute atomic E-state index is 0.406. The van der Waals surface area contributed by atoms with E-state index in [2.05, 4.69) is 5.32 Å². The van der Waals surface area contributed by atoms with Gasteiger partial charge in [-0.05, 0) is 13.0 Å². The molecule has 0 saturated carbocycles. The molecule has 1 rings (SSSR count). The van der Waals surface area contributed by atoms with Gasteiger partial charge in [-0.1, -0.05) is 0 Å². The lowest BCUT2D eigenvalue weighted by Crippen LogP contribution is -2.33. The van der Waals surface area contributed by atoms with Crippen LogP contribution in [0.15, 0.2) is 0 Å². The molecule has 8 heavy (non-hydrogen) atoms. The van der Waals surface area contributed by atoms with Crippen molar-refractivity contribution < 1.29 is 9.50 Å². The Morgan fingerprint density at radius 2 is 2.50 bits per heavy atom. The van der Waals surface area contributed by atoms with Crippen molar-refractivity contribution in [3.05, 3.63) is 0 Å². The summed E-state index contributed by atoms with van der Waals surface area (Å²) in [5.41, 5.74) is -1.04. The van der Waals surface area contributed by atoms with Crippen LogP contribution < -0.4 is 5.32 Å². The van der Waals surface area contributed by atoms with Gasteiger partial charge in [0.05, 0.1) is 0 Å². The zero-order valence-corrected chi connectivity index (χ0v) is 4.65. The number of β-amino-alcohol motifs (C(OH)–C–C–N with tert-alkyl or cyclic N) is 1. The van der Waals surface area contributed by atoms with E-state index in [1.165, 1.54) is 0 Å². The maximum absolute atomic E-state index is 11.8. The van der Waals surface area contributed by atoms with Crippen LogP contribution in [0.4, 0.5) is 4.39 Å². The average Bonchev–Trinajstić information content (AvgIpc) is 2.17. The summed E-state index contributed by atoms with van der Waals surface area (Å²) in [5, 5.41) is 11.9. The van der Waals surface area contributed by atoms with Crippen molar-refractivity contribution in [1.29, 1.82) is 0 Å². The highest BCUT2D eigenvalue weighted by Gasteiger charge is 2.30. The number of hydrogen-bond acceptors (Lipinski definition) is 2. The zero-order valence-electron chi connectivity index (χ0n) is 4.65. The SMILES string of the molecule is OC1(CF)CCNC1. The van der Waals surface area contributed by atoms with E-state index < -0.39 is 12.3 Å². The summed E-state index contributed by atoms with van der Waals surface area (Å²) >= 11 is 0. The van der Waals surface area contributed by atoms with Crippen LogP contribution in [0.3, 0.4) is 0 Å². The standard InChI is InChI=1S/C5H10FNO/c6-3-5(8)1-2-7-4-5/h7-8H,1-4H2. The van der Waals surface area contributed by atoms with Gasteiger partial charge in [0.25, 0.3) is 0 Å². The van der Waals surface area contributed by atoms with Gasteiger partial charge in [-0.3, -0.25) is 0 Å². The highest BCUT2D eigenvalue weighted by atomic mass is 19.1. The molecule has 48 valence electrons. The molecule has 1 unspecified atom stereocenters. The van der Waals surface area contributed by atoms with Crippen LogP contribution in [0.5, 0.6) is 0 Å². The smallest absolute Gasteiger partial charge is 0.119 e. The first-order chi connectivity index (χ1) is 3.77. The minimum Gasteiger partial charge on any atom is -0.386 e. The summed E-state index contributed by atoms with van der Waals surface area (Å²) in [6, 6.07) is 0. The van der Waals surface area contributed by atoms with Crippen molar-refractivity contribution in [1.82, 2.24) is 5.32 Å². The molecule has 1 aliphatic heterocycles. The van der Waals surface area contributed by atoms with Gasteiger partial charge in [-0.2, -0.15) is 0 Å². The topological polar surface area (TPSA) is 32.3 Å². The van der Waals surface area contributed by atoms with E-state index in [1.807, 2.05) is 0 Å². The highest BCUT2D eigenvalue weighted by molar-refractivity contribution is 4.86. The normalized spacial score (nSPS) is 38.2. The third-order valence-electron chi connectivity index (χ3n) is 1.47. The zero-order chi connectivity index (χ0) is 6.04. The Morgan fingerprint density at radius 1 is 1.75 bits per heavy atom. The van der Waals surface area contributed by atoms with E-state index in [-0.39, 0.29) is 0 Å². The lowest BCUT2D eigenvalue weighted by atomic mass is 10.1. The molecule has 0 radical (unpaired) electrons. The maximum atomic E-state index is 11.8. The molecule has 0 aromatic heterocycles. The van der Waals surface area contributed by atoms with Crippen LogP contribution >= 0.6 is 0 Å². The summed E-state index contributed by atoms with van der Waals surface area (Å²) in [6.07, 6.45) is 0.545. The van der Waals surface area contributed by atoms with Gasteiger partial charge < -0.3 is 10.4 Å². The van der Waals surface area contributed by atoms with Crippen LogP contribution in [-0.2, 0) is 0 Å². The predicted molar refractivity (Wildman–Crippen MR) is 28.4 cm³/mol. The Balaban J connectivity index is 2.40. The Kier molecular flexibility index (Phi) is 1.49. The van der Waals surface area contributed by atoms with E-state index in [0.717, 1.165) is 6.54 Å². The minimum atomic E-state index is -1.04. The fraction of sp³-hybridized carbons (Fsp3) is 1.00. The van der Waals surface area contributed by atoms with Crippen LogP contribution in [0, 0.1) is 0 Å². The van der Waals surface area contributed by atoms with Gasteiger partial charge in [0.2, 0.25) is 0 Å². The third-order valence-corrected chi connectivity index (χ3v) is 1.47. The van der Waals surface area contributed by atoms with Crippen LogP contribution in [0.1, 0.15) is 6.42 Å². The van der Waals surface area contributed by atoms with Gasteiger partial charge in [-0.15, -0.1) is 0 Å². The number of hydrogen-bond donors (Lipinski definition) is 2. The molecule has 2 nitrogen and oxygen atoms in total. The molecular formula is C5H10FNO. The molecule has 0 spiro atoms. The first kappa shape index (κ1) is 5.98. The van der Waals surface area contributed by atoms with Crippen molar-refractivity contribution in [3.63, 3.8) is 0 Å². The van der Waals surface area contributed by atoms with Crippen molar-refractivity contribution in [2.75, 3.05) is 19.8 Å². The van der Waals surface area contributed by atoms with Crippen LogP contribution in [-0.4, -0.2) is 30.5 Å². The Hall–Kier alpha value is -0.150. The first-order valence-electron chi connectivity index (χ1n) is 2.76. The summed E-state index contributed by atoms with van der Waals surface area (Å²) in [7, 11) is 0. The Bertz CT molecular complexity index is 80.5. The number of nitrogens with one attached hydrogen (secondary N) is 1. The van der Waals surface area contributed by atoms with Gasteiger partial charge in [-0.25, -0.2) is 4.39 Å². The molecule has 0 aromatic carbocycles. The second-order valence-corrected chi connectivity index (χ2v) is 2.28. The summed E-state index contributed by atoms with van der Waals surface area (Å²) in [6.45, 7) is 0.518. The van der Waals surface area contributed by atoms with Crippen LogP contribution in [0.2, 0.25) is 0 Å². The molecule has 0 amide bonds. The number of halogens is 1. The molecule has 2 N–H and O–H groups in total. The molecule has 1 aliphatic rings. The van der Waals surface area contributed by atoms with Crippen molar-refractivity contribution >= 4 is 0 Å². The summed E-state index contributed by atoms with van der Waals surface area (Å²) in [4.78, 5) is 0. The fourth-order valence-electron chi connectivity index (χ4n) is 0.845. The van der Waals surface area contributed by atoms with Gasteiger partial charge >= 0.3 is 0 Å². The lowest BCUT2D eigenvalue weighted by Gasteiger charge is -2.14. The van der Waals surface area contributed by atoms with E-state index in [1.54, 1.807) is 0 Å². The fourth-order valence-corrected chi connectivity index (χ4v) is 0.845. The molecule has 0 bridgehead atoms. The average molecular weight is 119 g/mol. The number of alkyl halides is 1. The summed E-state index contributed by atoms with van der Waals surface area (Å²) in [5.74, 6) is 0. The van der Waals surface area contributed by atoms with E-state index in [4.69, 9.17) is 5.11 Å². The van der Waals surface area contributed by atoms with Crippen molar-refractivity contribution in [2.45, 2.75) is 12.0 Å². The van der Waals surface area contributed by atoms with Gasteiger partial charge in [0.1, 0.15) is 12.3 Å². The van der Waals surface area contributed by atoms with Crippen molar-refractivity contribution in [3.8, 4) is 0 Å². The quantitative estimate of drug-likeness (QED) is 0.496. The molecular weight excluding hydrogens is 109 g/mol. The Morgan fingerprint density at radius 3 is 2.75 bits per heavy atom. The molecule has 0 aromatic rings. The molecule has 0 aliphatic carbocycles. The van der Waals surface area contributed by atoms with Gasteiger partial charge in [0.15, 0.2) is 0 Å². The maximum Gasteiger partial charge on any atom is 0.119 e. The van der Waals surface area contributed by atoms with E-state index in [0.29, 0.717) is 13.0 Å². The molecule has 1 saturated heterocycles. The first-order valence-corrected chi connectivity index (χ1v) is 2.76. The largest absolute Gasteiger partial charge is 0.386 e. The predicted octanol–water partition coefficient (Wildman–Crippen LogP) is -0.320. The second-order valence-electron chi connectivity index (χ2n) is 2.28. The van der Waals surface area contributed by atoms with Crippen molar-refractivity contribution in [2.24, 2.45) is 0 Å². The molecule has 1 heterocycles. The number of aliphatic hydroxyl groups is 1. The molecule has 1 fully saturated rings. The Labute approximate surface area is 47.7 Å². The summed E-state index contributed by atoms with van der Waals surface area (Å²) < 4.78 is 11.8. The second kappa shape index (κ2) is 1.99. The molecule has 3 heteroatoms. The third kappa shape index (κ3) is 0.980. The lowest BCUT2D eigenvalue weighted by molar-refractivity contribution is 0.0350. The highest BCUT2D eigenvalue weighted by Crippen LogP contribution is 2.13.